The molecular weight excluding hydrogens is 271 g/mol. The number of aromatic nitrogens is 1. The van der Waals surface area contributed by atoms with Crippen LogP contribution in [0.4, 0.5) is 4.39 Å². The Labute approximate surface area is 123 Å². The summed E-state index contributed by atoms with van der Waals surface area (Å²) < 4.78 is 18.0. The molecule has 5 heteroatoms. The maximum absolute atomic E-state index is 12.7. The summed E-state index contributed by atoms with van der Waals surface area (Å²) in [4.78, 5) is 15.6. The maximum Gasteiger partial charge on any atom is 0.246 e. The van der Waals surface area contributed by atoms with Crippen LogP contribution >= 0.6 is 0 Å². The van der Waals surface area contributed by atoms with Crippen LogP contribution in [0.15, 0.2) is 48.8 Å². The van der Waals surface area contributed by atoms with Crippen molar-refractivity contribution in [1.82, 2.24) is 10.3 Å². The number of carbonyl (C=O) groups excluding carboxylic acids is 1. The first kappa shape index (κ1) is 15.1. The second-order valence-electron chi connectivity index (χ2n) is 4.58. The lowest BCUT2D eigenvalue weighted by Gasteiger charge is -2.06. The predicted octanol–water partition coefficient (Wildman–Crippen LogP) is 2.10. The number of hydrogen-bond donors (Lipinski definition) is 1. The fraction of sp³-hybridized carbons (Fsp3) is 0.250. The monoisotopic (exact) mass is 288 g/mol. The molecule has 21 heavy (non-hydrogen) atoms. The molecule has 0 aliphatic heterocycles. The Bertz CT molecular complexity index is 558. The number of carbonyl (C=O) groups is 1. The van der Waals surface area contributed by atoms with E-state index in [1.165, 1.54) is 12.1 Å². The number of pyridine rings is 1. The summed E-state index contributed by atoms with van der Waals surface area (Å²) in [6.45, 7) is 0.825. The van der Waals surface area contributed by atoms with Crippen molar-refractivity contribution < 1.29 is 13.9 Å². The van der Waals surface area contributed by atoms with Crippen molar-refractivity contribution in [2.75, 3.05) is 13.2 Å². The summed E-state index contributed by atoms with van der Waals surface area (Å²) >= 11 is 0. The Morgan fingerprint density at radius 3 is 2.71 bits per heavy atom. The number of benzene rings is 1. The van der Waals surface area contributed by atoms with Crippen LogP contribution in [0.2, 0.25) is 0 Å². The number of halogens is 1. The van der Waals surface area contributed by atoms with E-state index in [1.807, 2.05) is 12.1 Å². The minimum absolute atomic E-state index is 0.00951. The highest BCUT2D eigenvalue weighted by molar-refractivity contribution is 5.77. The van der Waals surface area contributed by atoms with Gasteiger partial charge in [-0.3, -0.25) is 9.78 Å². The van der Waals surface area contributed by atoms with Crippen molar-refractivity contribution in [1.29, 1.82) is 0 Å². The van der Waals surface area contributed by atoms with Crippen LogP contribution in [0.5, 0.6) is 0 Å². The molecule has 0 fully saturated rings. The third-order valence-corrected chi connectivity index (χ3v) is 2.87. The number of amides is 1. The summed E-state index contributed by atoms with van der Waals surface area (Å²) in [7, 11) is 0. The molecule has 1 aromatic heterocycles. The first-order valence-corrected chi connectivity index (χ1v) is 6.72. The average Bonchev–Trinajstić information content (AvgIpc) is 2.50. The molecule has 1 N–H and O–H groups in total. The highest BCUT2D eigenvalue weighted by atomic mass is 19.1. The van der Waals surface area contributed by atoms with E-state index in [-0.39, 0.29) is 24.9 Å². The predicted molar refractivity (Wildman–Crippen MR) is 77.0 cm³/mol. The van der Waals surface area contributed by atoms with Crippen LogP contribution in [-0.2, 0) is 22.6 Å². The Morgan fingerprint density at radius 1 is 1.19 bits per heavy atom. The van der Waals surface area contributed by atoms with E-state index in [2.05, 4.69) is 10.3 Å². The van der Waals surface area contributed by atoms with Crippen molar-refractivity contribution in [3.63, 3.8) is 0 Å². The maximum atomic E-state index is 12.7. The summed E-state index contributed by atoms with van der Waals surface area (Å²) in [5, 5.41) is 2.77. The van der Waals surface area contributed by atoms with E-state index >= 15 is 0 Å². The zero-order valence-corrected chi connectivity index (χ0v) is 11.6. The Hall–Kier alpha value is -2.27. The molecule has 0 radical (unpaired) electrons. The summed E-state index contributed by atoms with van der Waals surface area (Å²) in [5.41, 5.74) is 1.91. The third-order valence-electron chi connectivity index (χ3n) is 2.87. The van der Waals surface area contributed by atoms with Gasteiger partial charge in [-0.1, -0.05) is 18.2 Å². The van der Waals surface area contributed by atoms with Gasteiger partial charge in [0.1, 0.15) is 12.4 Å². The quantitative estimate of drug-likeness (QED) is 0.849. The van der Waals surface area contributed by atoms with Crippen LogP contribution in [-0.4, -0.2) is 24.0 Å². The minimum Gasteiger partial charge on any atom is -0.367 e. The number of ether oxygens (including phenoxy) is 1. The summed E-state index contributed by atoms with van der Waals surface area (Å²) in [6, 6.07) is 9.83. The van der Waals surface area contributed by atoms with E-state index in [9.17, 15) is 9.18 Å². The van der Waals surface area contributed by atoms with Gasteiger partial charge in [-0.2, -0.15) is 0 Å². The fourth-order valence-electron chi connectivity index (χ4n) is 1.79. The van der Waals surface area contributed by atoms with Gasteiger partial charge in [0, 0.05) is 18.9 Å². The van der Waals surface area contributed by atoms with Gasteiger partial charge in [0.15, 0.2) is 0 Å². The molecule has 0 aliphatic rings. The molecule has 0 spiro atoms. The topological polar surface area (TPSA) is 51.2 Å². The second kappa shape index (κ2) is 8.11. The van der Waals surface area contributed by atoms with Crippen molar-refractivity contribution in [2.45, 2.75) is 13.0 Å². The standard InChI is InChI=1S/C16H17FN2O2/c17-15-5-3-14(4-6-15)11-21-12-16(20)19-9-7-13-2-1-8-18-10-13/h1-6,8,10H,7,9,11-12H2,(H,19,20). The van der Waals surface area contributed by atoms with Gasteiger partial charge in [0.25, 0.3) is 0 Å². The molecule has 1 amide bonds. The zero-order valence-electron chi connectivity index (χ0n) is 11.6. The summed E-state index contributed by atoms with van der Waals surface area (Å²) in [6.07, 6.45) is 4.22. The molecule has 4 nitrogen and oxygen atoms in total. The summed E-state index contributed by atoms with van der Waals surface area (Å²) in [5.74, 6) is -0.451. The van der Waals surface area contributed by atoms with Crippen LogP contribution < -0.4 is 5.32 Å². The van der Waals surface area contributed by atoms with Gasteiger partial charge in [-0.15, -0.1) is 0 Å². The lowest BCUT2D eigenvalue weighted by molar-refractivity contribution is -0.126. The molecule has 1 heterocycles. The van der Waals surface area contributed by atoms with Gasteiger partial charge in [-0.05, 0) is 35.7 Å². The molecule has 0 unspecified atom stereocenters. The molecular formula is C16H17FN2O2. The Kier molecular flexibility index (Phi) is 5.84. The second-order valence-corrected chi connectivity index (χ2v) is 4.58. The van der Waals surface area contributed by atoms with Crippen LogP contribution in [0.1, 0.15) is 11.1 Å². The van der Waals surface area contributed by atoms with Gasteiger partial charge in [0.05, 0.1) is 6.61 Å². The van der Waals surface area contributed by atoms with Crippen molar-refractivity contribution in [2.24, 2.45) is 0 Å². The number of nitrogens with one attached hydrogen (secondary N) is 1. The van der Waals surface area contributed by atoms with Crippen molar-refractivity contribution >= 4 is 5.91 Å². The van der Waals surface area contributed by atoms with Gasteiger partial charge >= 0.3 is 0 Å². The van der Waals surface area contributed by atoms with Crippen molar-refractivity contribution in [3.8, 4) is 0 Å². The average molecular weight is 288 g/mol. The van der Waals surface area contributed by atoms with Gasteiger partial charge in [0.2, 0.25) is 5.91 Å². The molecule has 110 valence electrons. The van der Waals surface area contributed by atoms with Crippen LogP contribution in [0.25, 0.3) is 0 Å². The first-order valence-electron chi connectivity index (χ1n) is 6.72. The number of rotatable bonds is 7. The van der Waals surface area contributed by atoms with Crippen LogP contribution in [0.3, 0.4) is 0 Å². The third kappa shape index (κ3) is 5.71. The van der Waals surface area contributed by atoms with E-state index < -0.39 is 0 Å². The van der Waals surface area contributed by atoms with E-state index in [0.717, 1.165) is 17.5 Å². The smallest absolute Gasteiger partial charge is 0.246 e. The van der Waals surface area contributed by atoms with Crippen LogP contribution in [0, 0.1) is 5.82 Å². The molecule has 1 aromatic carbocycles. The molecule has 0 saturated carbocycles. The Morgan fingerprint density at radius 2 is 2.00 bits per heavy atom. The fourth-order valence-corrected chi connectivity index (χ4v) is 1.79. The molecule has 0 aliphatic carbocycles. The molecule has 2 aromatic rings. The van der Waals surface area contributed by atoms with Gasteiger partial charge in [-0.25, -0.2) is 4.39 Å². The highest BCUT2D eigenvalue weighted by Crippen LogP contribution is 2.03. The Balaban J connectivity index is 1.60. The number of nitrogens with zero attached hydrogens (tertiary/aromatic N) is 1. The molecule has 0 atom stereocenters. The first-order chi connectivity index (χ1) is 10.2. The lowest BCUT2D eigenvalue weighted by Crippen LogP contribution is -2.29. The van der Waals surface area contributed by atoms with Crippen molar-refractivity contribution in [3.05, 3.63) is 65.7 Å². The van der Waals surface area contributed by atoms with Gasteiger partial charge < -0.3 is 10.1 Å². The molecule has 0 saturated heterocycles. The van der Waals surface area contributed by atoms with E-state index in [4.69, 9.17) is 4.74 Å². The number of hydrogen-bond acceptors (Lipinski definition) is 3. The largest absolute Gasteiger partial charge is 0.367 e. The van der Waals surface area contributed by atoms with E-state index in [1.54, 1.807) is 24.5 Å². The molecule has 0 bridgehead atoms. The SMILES string of the molecule is O=C(COCc1ccc(F)cc1)NCCc1cccnc1. The minimum atomic E-state index is -0.285. The highest BCUT2D eigenvalue weighted by Gasteiger charge is 2.02. The van der Waals surface area contributed by atoms with E-state index in [0.29, 0.717) is 6.54 Å². The lowest BCUT2D eigenvalue weighted by atomic mass is 10.2. The molecule has 2 rings (SSSR count). The normalized spacial score (nSPS) is 10.3. The zero-order chi connectivity index (χ0) is 14.9.